The van der Waals surface area contributed by atoms with Crippen LogP contribution in [-0.2, 0) is 4.74 Å². The molecule has 0 spiro atoms. The molecule has 1 saturated heterocycles. The summed E-state index contributed by atoms with van der Waals surface area (Å²) in [4.78, 5) is 0. The van der Waals surface area contributed by atoms with Gasteiger partial charge >= 0.3 is 6.18 Å². The largest absolute Gasteiger partial charge is 0.455 e. The van der Waals surface area contributed by atoms with Gasteiger partial charge in [-0.2, -0.15) is 22.0 Å². The average molecular weight is 192 g/mol. The van der Waals surface area contributed by atoms with E-state index in [1.807, 2.05) is 0 Å². The van der Waals surface area contributed by atoms with Gasteiger partial charge in [-0.05, 0) is 0 Å². The van der Waals surface area contributed by atoms with Crippen molar-refractivity contribution in [2.75, 3.05) is 0 Å². The van der Waals surface area contributed by atoms with Gasteiger partial charge in [-0.15, -0.1) is 0 Å². The van der Waals surface area contributed by atoms with E-state index in [0.717, 1.165) is 0 Å². The van der Waals surface area contributed by atoms with E-state index in [9.17, 15) is 26.3 Å². The lowest BCUT2D eigenvalue weighted by atomic mass is 10.2. The summed E-state index contributed by atoms with van der Waals surface area (Å²) in [5.74, 6) is -4.33. The van der Waals surface area contributed by atoms with Crippen molar-refractivity contribution in [2.45, 2.75) is 18.7 Å². The average Bonchev–Trinajstić information content (AvgIpc) is 1.96. The van der Waals surface area contributed by atoms with E-state index in [-0.39, 0.29) is 0 Å². The first-order valence-electron chi connectivity index (χ1n) is 2.75. The maximum atomic E-state index is 12.1. The second kappa shape index (κ2) is 2.56. The molecule has 0 saturated carbocycles. The molecule has 0 radical (unpaired) electrons. The van der Waals surface area contributed by atoms with E-state index in [0.29, 0.717) is 0 Å². The van der Waals surface area contributed by atoms with Gasteiger partial charge in [0.05, 0.1) is 0 Å². The van der Waals surface area contributed by atoms with Gasteiger partial charge in [0.2, 0.25) is 12.0 Å². The zero-order chi connectivity index (χ0) is 9.52. The SMILES string of the molecule is F/C(=C1\O[C@@H](F)[C@H]1F)C(F)(F)F. The molecule has 1 rings (SSSR count). The molecule has 1 aliphatic rings. The Balaban J connectivity index is 2.81. The van der Waals surface area contributed by atoms with E-state index in [2.05, 4.69) is 4.74 Å². The lowest BCUT2D eigenvalue weighted by molar-refractivity contribution is -0.165. The second-order valence-electron chi connectivity index (χ2n) is 2.05. The molecule has 0 amide bonds. The van der Waals surface area contributed by atoms with Crippen LogP contribution in [0.3, 0.4) is 0 Å². The molecule has 0 aromatic heterocycles. The van der Waals surface area contributed by atoms with Crippen LogP contribution in [0, 0.1) is 0 Å². The van der Waals surface area contributed by atoms with Gasteiger partial charge < -0.3 is 4.74 Å². The highest BCUT2D eigenvalue weighted by molar-refractivity contribution is 5.17. The van der Waals surface area contributed by atoms with Crippen LogP contribution in [0.5, 0.6) is 0 Å². The lowest BCUT2D eigenvalue weighted by Gasteiger charge is -2.28. The predicted molar refractivity (Wildman–Crippen MR) is 25.1 cm³/mol. The first-order chi connectivity index (χ1) is 5.34. The van der Waals surface area contributed by atoms with Crippen molar-refractivity contribution >= 4 is 0 Å². The Hall–Kier alpha value is -0.880. The Morgan fingerprint density at radius 1 is 1.25 bits per heavy atom. The number of hydrogen-bond acceptors (Lipinski definition) is 1. The topological polar surface area (TPSA) is 9.23 Å². The maximum Gasteiger partial charge on any atom is 0.446 e. The highest BCUT2D eigenvalue weighted by atomic mass is 19.4. The van der Waals surface area contributed by atoms with Gasteiger partial charge in [0.25, 0.3) is 6.36 Å². The van der Waals surface area contributed by atoms with Gasteiger partial charge in [-0.3, -0.25) is 0 Å². The molecule has 70 valence electrons. The van der Waals surface area contributed by atoms with Crippen molar-refractivity contribution < 1.29 is 31.1 Å². The molecular formula is C5H2F6O. The van der Waals surface area contributed by atoms with Crippen molar-refractivity contribution in [3.05, 3.63) is 11.6 Å². The van der Waals surface area contributed by atoms with E-state index in [4.69, 9.17) is 0 Å². The van der Waals surface area contributed by atoms with E-state index < -0.39 is 30.3 Å². The van der Waals surface area contributed by atoms with Gasteiger partial charge in [-0.25, -0.2) is 4.39 Å². The fourth-order valence-corrected chi connectivity index (χ4v) is 0.605. The molecule has 0 aromatic rings. The smallest absolute Gasteiger partial charge is 0.446 e. The van der Waals surface area contributed by atoms with Gasteiger partial charge in [-0.1, -0.05) is 0 Å². The first kappa shape index (κ1) is 9.21. The number of halogens is 6. The summed E-state index contributed by atoms with van der Waals surface area (Å²) >= 11 is 0. The summed E-state index contributed by atoms with van der Waals surface area (Å²) in [5, 5.41) is 0. The maximum absolute atomic E-state index is 12.1. The Morgan fingerprint density at radius 3 is 2.00 bits per heavy atom. The molecule has 0 unspecified atom stereocenters. The molecule has 0 N–H and O–H groups in total. The molecule has 1 nitrogen and oxygen atoms in total. The van der Waals surface area contributed by atoms with E-state index in [1.54, 1.807) is 0 Å². The van der Waals surface area contributed by atoms with Crippen LogP contribution in [0.1, 0.15) is 0 Å². The Bertz CT molecular complexity index is 218. The number of ether oxygens (including phenoxy) is 1. The van der Waals surface area contributed by atoms with Crippen LogP contribution in [0.4, 0.5) is 26.3 Å². The summed E-state index contributed by atoms with van der Waals surface area (Å²) in [7, 11) is 0. The van der Waals surface area contributed by atoms with Crippen LogP contribution in [0.15, 0.2) is 11.6 Å². The van der Waals surface area contributed by atoms with Crippen LogP contribution < -0.4 is 0 Å². The highest BCUT2D eigenvalue weighted by Crippen LogP contribution is 2.39. The van der Waals surface area contributed by atoms with Crippen molar-refractivity contribution in [3.8, 4) is 0 Å². The third-order valence-electron chi connectivity index (χ3n) is 1.19. The summed E-state index contributed by atoms with van der Waals surface area (Å²) in [6, 6.07) is 0. The van der Waals surface area contributed by atoms with Crippen LogP contribution >= 0.6 is 0 Å². The molecule has 0 bridgehead atoms. The molecule has 1 fully saturated rings. The highest BCUT2D eigenvalue weighted by Gasteiger charge is 2.49. The fraction of sp³-hybridized carbons (Fsp3) is 0.600. The minimum absolute atomic E-state index is 1.62. The zero-order valence-corrected chi connectivity index (χ0v) is 5.33. The molecule has 0 aromatic carbocycles. The van der Waals surface area contributed by atoms with Crippen LogP contribution in [0.25, 0.3) is 0 Å². The second-order valence-corrected chi connectivity index (χ2v) is 2.05. The van der Waals surface area contributed by atoms with Crippen molar-refractivity contribution in [2.24, 2.45) is 0 Å². The third-order valence-corrected chi connectivity index (χ3v) is 1.19. The Labute approximate surface area is 62.6 Å². The number of rotatable bonds is 0. The standard InChI is InChI=1S/C5H2F6O/c6-1-2(12-4(1)8)3(7)5(9,10)11/h1,4H/b3-2-/t1-,4+/m0/s1. The van der Waals surface area contributed by atoms with E-state index >= 15 is 0 Å². The van der Waals surface area contributed by atoms with Crippen LogP contribution in [0.2, 0.25) is 0 Å². The molecular weight excluding hydrogens is 190 g/mol. The van der Waals surface area contributed by atoms with E-state index in [1.165, 1.54) is 0 Å². The molecule has 7 heteroatoms. The monoisotopic (exact) mass is 192 g/mol. The summed E-state index contributed by atoms with van der Waals surface area (Å²) in [6.07, 6.45) is -10.5. The number of alkyl halides is 5. The van der Waals surface area contributed by atoms with Gasteiger partial charge in [0.1, 0.15) is 0 Å². The van der Waals surface area contributed by atoms with Crippen molar-refractivity contribution in [1.82, 2.24) is 0 Å². The molecule has 12 heavy (non-hydrogen) atoms. The lowest BCUT2D eigenvalue weighted by Crippen LogP contribution is -2.38. The molecule has 2 atom stereocenters. The quantitative estimate of drug-likeness (QED) is 0.535. The third kappa shape index (κ3) is 1.35. The summed E-state index contributed by atoms with van der Waals surface area (Å²) < 4.78 is 73.5. The zero-order valence-electron chi connectivity index (χ0n) is 5.33. The Kier molecular flexibility index (Phi) is 1.97. The summed E-state index contributed by atoms with van der Waals surface area (Å²) in [5.41, 5.74) is 0. The van der Waals surface area contributed by atoms with Crippen molar-refractivity contribution in [3.63, 3.8) is 0 Å². The molecule has 1 aliphatic heterocycles. The number of allylic oxidation sites excluding steroid dienone is 1. The molecule has 0 aliphatic carbocycles. The van der Waals surface area contributed by atoms with Crippen LogP contribution in [-0.4, -0.2) is 18.7 Å². The number of hydrogen-bond donors (Lipinski definition) is 0. The van der Waals surface area contributed by atoms with Gasteiger partial charge in [0, 0.05) is 0 Å². The minimum Gasteiger partial charge on any atom is -0.455 e. The van der Waals surface area contributed by atoms with Crippen molar-refractivity contribution in [1.29, 1.82) is 0 Å². The normalized spacial score (nSPS) is 33.8. The minimum atomic E-state index is -5.32. The predicted octanol–water partition coefficient (Wildman–Crippen LogP) is 2.39. The Morgan fingerprint density at radius 2 is 1.75 bits per heavy atom. The fourth-order valence-electron chi connectivity index (χ4n) is 0.605. The first-order valence-corrected chi connectivity index (χ1v) is 2.75. The van der Waals surface area contributed by atoms with Gasteiger partial charge in [0.15, 0.2) is 5.76 Å². The summed E-state index contributed by atoms with van der Waals surface area (Å²) in [6.45, 7) is 0. The molecule has 1 heterocycles.